The average molecular weight is 332 g/mol. The monoisotopic (exact) mass is 332 g/mol. The van der Waals surface area contributed by atoms with Crippen LogP contribution in [0.25, 0.3) is 10.2 Å². The first kappa shape index (κ1) is 15.4. The average Bonchev–Trinajstić information content (AvgIpc) is 3.13. The van der Waals surface area contributed by atoms with Gasteiger partial charge >= 0.3 is 0 Å². The molecule has 0 aromatic carbocycles. The molecule has 3 N–H and O–H groups in total. The molecule has 0 bridgehead atoms. The molecule has 116 valence electrons. The van der Waals surface area contributed by atoms with Crippen molar-refractivity contribution in [1.82, 2.24) is 10.2 Å². The number of hydrogen-bond acceptors (Lipinski definition) is 6. The number of fused-ring (bicyclic) bond motifs is 1. The van der Waals surface area contributed by atoms with Crippen LogP contribution < -0.4 is 11.1 Å². The SMILES string of the molecule is Cc1c([C@@H](C)[C@H](C)N)sc2c(NCc3cccs3)cnnc12. The summed E-state index contributed by atoms with van der Waals surface area (Å²) in [6.45, 7) is 7.16. The number of nitrogens with one attached hydrogen (secondary N) is 1. The molecule has 0 fully saturated rings. The molecular weight excluding hydrogens is 312 g/mol. The summed E-state index contributed by atoms with van der Waals surface area (Å²) < 4.78 is 1.17. The molecule has 3 heterocycles. The van der Waals surface area contributed by atoms with E-state index in [0.717, 1.165) is 17.7 Å². The fourth-order valence-electron chi connectivity index (χ4n) is 2.42. The molecule has 0 amide bonds. The summed E-state index contributed by atoms with van der Waals surface area (Å²) in [7, 11) is 0. The van der Waals surface area contributed by atoms with Gasteiger partial charge in [0.15, 0.2) is 0 Å². The molecule has 0 spiro atoms. The van der Waals surface area contributed by atoms with Gasteiger partial charge in [-0.3, -0.25) is 0 Å². The molecule has 0 aliphatic rings. The van der Waals surface area contributed by atoms with Crippen molar-refractivity contribution in [3.05, 3.63) is 39.0 Å². The van der Waals surface area contributed by atoms with Crippen LogP contribution in [0.5, 0.6) is 0 Å². The van der Waals surface area contributed by atoms with Gasteiger partial charge in [0.2, 0.25) is 0 Å². The lowest BCUT2D eigenvalue weighted by molar-refractivity contribution is 0.620. The molecular formula is C16H20N4S2. The summed E-state index contributed by atoms with van der Waals surface area (Å²) in [5.74, 6) is 0.323. The number of rotatable bonds is 5. The van der Waals surface area contributed by atoms with Gasteiger partial charge < -0.3 is 11.1 Å². The van der Waals surface area contributed by atoms with Crippen LogP contribution in [0.1, 0.15) is 35.1 Å². The van der Waals surface area contributed by atoms with Crippen molar-refractivity contribution in [2.45, 2.75) is 39.3 Å². The molecule has 3 aromatic heterocycles. The standard InChI is InChI=1S/C16H20N4S2/c1-9(11(3)17)15-10(2)14-16(22-15)13(8-19-20-14)18-7-12-5-4-6-21-12/h4-6,8-9,11H,7,17H2,1-3H3,(H,18,20)/t9-,11-/m0/s1. The number of nitrogens with two attached hydrogens (primary N) is 1. The van der Waals surface area contributed by atoms with Crippen LogP contribution in [-0.4, -0.2) is 16.2 Å². The van der Waals surface area contributed by atoms with E-state index in [9.17, 15) is 0 Å². The van der Waals surface area contributed by atoms with Crippen molar-refractivity contribution in [2.24, 2.45) is 5.73 Å². The van der Waals surface area contributed by atoms with Gasteiger partial charge in [-0.25, -0.2) is 0 Å². The Kier molecular flexibility index (Phi) is 4.42. The predicted octanol–water partition coefficient (Wildman–Crippen LogP) is 4.12. The van der Waals surface area contributed by atoms with Gasteiger partial charge in [0.1, 0.15) is 5.52 Å². The molecule has 0 radical (unpaired) electrons. The zero-order chi connectivity index (χ0) is 15.7. The maximum absolute atomic E-state index is 6.08. The van der Waals surface area contributed by atoms with E-state index in [1.165, 1.54) is 20.0 Å². The van der Waals surface area contributed by atoms with E-state index >= 15 is 0 Å². The van der Waals surface area contributed by atoms with Gasteiger partial charge in [0.05, 0.1) is 16.6 Å². The summed E-state index contributed by atoms with van der Waals surface area (Å²) in [5.41, 5.74) is 9.32. The molecule has 0 aliphatic heterocycles. The third-order valence-electron chi connectivity index (χ3n) is 3.98. The van der Waals surface area contributed by atoms with Crippen molar-refractivity contribution < 1.29 is 0 Å². The van der Waals surface area contributed by atoms with E-state index in [2.05, 4.69) is 53.8 Å². The Morgan fingerprint density at radius 1 is 1.36 bits per heavy atom. The number of aromatic nitrogens is 2. The van der Waals surface area contributed by atoms with Gasteiger partial charge in [-0.05, 0) is 30.9 Å². The maximum Gasteiger partial charge on any atom is 0.109 e. The minimum Gasteiger partial charge on any atom is -0.378 e. The van der Waals surface area contributed by atoms with Crippen LogP contribution in [0.4, 0.5) is 5.69 Å². The molecule has 2 atom stereocenters. The van der Waals surface area contributed by atoms with E-state index < -0.39 is 0 Å². The van der Waals surface area contributed by atoms with E-state index in [1.54, 1.807) is 22.7 Å². The van der Waals surface area contributed by atoms with Crippen molar-refractivity contribution in [2.75, 3.05) is 5.32 Å². The minimum atomic E-state index is 0.127. The second-order valence-corrected chi connectivity index (χ2v) is 7.69. The van der Waals surface area contributed by atoms with E-state index in [-0.39, 0.29) is 6.04 Å². The summed E-state index contributed by atoms with van der Waals surface area (Å²) >= 11 is 3.54. The van der Waals surface area contributed by atoms with Crippen LogP contribution in [0, 0.1) is 6.92 Å². The Morgan fingerprint density at radius 2 is 2.18 bits per heavy atom. The van der Waals surface area contributed by atoms with Crippen molar-refractivity contribution in [1.29, 1.82) is 0 Å². The zero-order valence-electron chi connectivity index (χ0n) is 13.0. The third-order valence-corrected chi connectivity index (χ3v) is 6.37. The van der Waals surface area contributed by atoms with Crippen LogP contribution >= 0.6 is 22.7 Å². The van der Waals surface area contributed by atoms with Crippen LogP contribution in [0.15, 0.2) is 23.7 Å². The number of nitrogens with zero attached hydrogens (tertiary/aromatic N) is 2. The summed E-state index contributed by atoms with van der Waals surface area (Å²) in [6, 6.07) is 4.33. The molecule has 0 aliphatic carbocycles. The lowest BCUT2D eigenvalue weighted by Crippen LogP contribution is -2.22. The zero-order valence-corrected chi connectivity index (χ0v) is 14.6. The molecule has 0 unspecified atom stereocenters. The highest BCUT2D eigenvalue weighted by molar-refractivity contribution is 7.20. The second-order valence-electron chi connectivity index (χ2n) is 5.61. The van der Waals surface area contributed by atoms with Crippen LogP contribution in [0.2, 0.25) is 0 Å². The normalized spacial score (nSPS) is 14.2. The summed E-state index contributed by atoms with van der Waals surface area (Å²) in [6.07, 6.45) is 1.81. The van der Waals surface area contributed by atoms with E-state index in [4.69, 9.17) is 5.73 Å². The van der Waals surface area contributed by atoms with Crippen LogP contribution in [-0.2, 0) is 6.54 Å². The van der Waals surface area contributed by atoms with Gasteiger partial charge in [-0.2, -0.15) is 5.10 Å². The highest BCUT2D eigenvalue weighted by Gasteiger charge is 2.20. The molecule has 3 rings (SSSR count). The van der Waals surface area contributed by atoms with Gasteiger partial charge in [0, 0.05) is 28.3 Å². The quantitative estimate of drug-likeness (QED) is 0.737. The largest absolute Gasteiger partial charge is 0.378 e. The Balaban J connectivity index is 1.96. The highest BCUT2D eigenvalue weighted by Crippen LogP contribution is 2.38. The van der Waals surface area contributed by atoms with Gasteiger partial charge in [0.25, 0.3) is 0 Å². The Bertz CT molecular complexity index is 762. The van der Waals surface area contributed by atoms with Crippen molar-refractivity contribution in [3.63, 3.8) is 0 Å². The maximum atomic E-state index is 6.08. The first-order chi connectivity index (χ1) is 10.6. The first-order valence-corrected chi connectivity index (χ1v) is 9.04. The van der Waals surface area contributed by atoms with Crippen molar-refractivity contribution in [3.8, 4) is 0 Å². The highest BCUT2D eigenvalue weighted by atomic mass is 32.1. The number of thiophene rings is 2. The summed E-state index contributed by atoms with van der Waals surface area (Å²) in [4.78, 5) is 2.62. The lowest BCUT2D eigenvalue weighted by Gasteiger charge is -2.14. The number of hydrogen-bond donors (Lipinski definition) is 2. The van der Waals surface area contributed by atoms with Gasteiger partial charge in [-0.15, -0.1) is 27.8 Å². The lowest BCUT2D eigenvalue weighted by atomic mass is 10.00. The fourth-order valence-corrected chi connectivity index (χ4v) is 4.46. The minimum absolute atomic E-state index is 0.127. The first-order valence-electron chi connectivity index (χ1n) is 7.34. The van der Waals surface area contributed by atoms with Gasteiger partial charge in [-0.1, -0.05) is 13.0 Å². The third kappa shape index (κ3) is 2.86. The van der Waals surface area contributed by atoms with E-state index in [1.807, 2.05) is 6.20 Å². The molecule has 6 heteroatoms. The topological polar surface area (TPSA) is 63.8 Å². The second kappa shape index (κ2) is 6.32. The molecule has 22 heavy (non-hydrogen) atoms. The Labute approximate surface area is 138 Å². The Morgan fingerprint density at radius 3 is 2.86 bits per heavy atom. The smallest absolute Gasteiger partial charge is 0.109 e. The molecule has 0 saturated heterocycles. The summed E-state index contributed by atoms with van der Waals surface area (Å²) in [5, 5.41) is 14.1. The number of anilines is 1. The van der Waals surface area contributed by atoms with E-state index in [0.29, 0.717) is 5.92 Å². The number of aryl methyl sites for hydroxylation is 1. The fraction of sp³-hybridized carbons (Fsp3) is 0.375. The molecule has 0 saturated carbocycles. The Hall–Kier alpha value is -1.50. The molecule has 3 aromatic rings. The predicted molar refractivity (Wildman–Crippen MR) is 95.9 cm³/mol. The van der Waals surface area contributed by atoms with Crippen molar-refractivity contribution >= 4 is 38.6 Å². The van der Waals surface area contributed by atoms with Crippen LogP contribution in [0.3, 0.4) is 0 Å². The molecule has 4 nitrogen and oxygen atoms in total.